The van der Waals surface area contributed by atoms with Crippen LogP contribution in [0.5, 0.6) is 5.75 Å². The zero-order valence-electron chi connectivity index (χ0n) is 20.7. The van der Waals surface area contributed by atoms with Gasteiger partial charge in [-0.25, -0.2) is 8.42 Å². The van der Waals surface area contributed by atoms with Gasteiger partial charge < -0.3 is 9.64 Å². The first kappa shape index (κ1) is 26.7. The molecule has 0 unspecified atom stereocenters. The number of carbonyl (C=O) groups is 1. The van der Waals surface area contributed by atoms with Crippen molar-refractivity contribution in [3.05, 3.63) is 95.5 Å². The fraction of sp³-hybridized carbons (Fsp3) is 0.250. The summed E-state index contributed by atoms with van der Waals surface area (Å²) in [5, 5.41) is 0.341. The molecule has 0 spiro atoms. The third-order valence-corrected chi connectivity index (χ3v) is 8.23. The van der Waals surface area contributed by atoms with E-state index in [0.717, 1.165) is 16.4 Å². The van der Waals surface area contributed by atoms with Crippen LogP contribution in [0.25, 0.3) is 6.08 Å². The predicted octanol–water partition coefficient (Wildman–Crippen LogP) is 4.40. The van der Waals surface area contributed by atoms with Gasteiger partial charge in [0.25, 0.3) is 10.0 Å². The van der Waals surface area contributed by atoms with Crippen LogP contribution >= 0.6 is 11.6 Å². The molecule has 0 aliphatic carbocycles. The van der Waals surface area contributed by atoms with Crippen molar-refractivity contribution in [2.45, 2.75) is 4.90 Å². The van der Waals surface area contributed by atoms with Gasteiger partial charge in [-0.1, -0.05) is 72.3 Å². The van der Waals surface area contributed by atoms with E-state index in [9.17, 15) is 13.2 Å². The number of methoxy groups -OCH3 is 1. The Kier molecular flexibility index (Phi) is 8.87. The molecule has 3 aromatic carbocycles. The van der Waals surface area contributed by atoms with E-state index in [1.165, 1.54) is 25.3 Å². The number of hydrogen-bond donors (Lipinski definition) is 0. The molecule has 1 amide bonds. The summed E-state index contributed by atoms with van der Waals surface area (Å²) < 4.78 is 33.8. The van der Waals surface area contributed by atoms with Crippen LogP contribution in [0.1, 0.15) is 5.56 Å². The third-order valence-electron chi connectivity index (χ3n) is 6.22. The highest BCUT2D eigenvalue weighted by Crippen LogP contribution is 2.35. The first-order valence-corrected chi connectivity index (χ1v) is 13.8. The Bertz CT molecular complexity index is 1330. The second kappa shape index (κ2) is 12.3. The molecule has 0 N–H and O–H groups in total. The average molecular weight is 540 g/mol. The highest BCUT2D eigenvalue weighted by atomic mass is 35.5. The highest BCUT2D eigenvalue weighted by Gasteiger charge is 2.32. The van der Waals surface area contributed by atoms with E-state index in [1.807, 2.05) is 18.2 Å². The molecule has 37 heavy (non-hydrogen) atoms. The largest absolute Gasteiger partial charge is 0.495 e. The number of carbonyl (C=O) groups excluding carboxylic acids is 1. The fourth-order valence-corrected chi connectivity index (χ4v) is 5.79. The Hall–Kier alpha value is -3.33. The third kappa shape index (κ3) is 6.71. The first-order chi connectivity index (χ1) is 17.9. The summed E-state index contributed by atoms with van der Waals surface area (Å²) in [5.74, 6) is 0.0349. The van der Waals surface area contributed by atoms with Crippen molar-refractivity contribution in [1.29, 1.82) is 0 Å². The number of benzene rings is 3. The number of anilines is 1. The molecule has 0 radical (unpaired) electrons. The quantitative estimate of drug-likeness (QED) is 0.403. The molecule has 1 aliphatic rings. The van der Waals surface area contributed by atoms with Crippen LogP contribution in [0.2, 0.25) is 5.02 Å². The molecule has 7 nitrogen and oxygen atoms in total. The smallest absolute Gasteiger partial charge is 0.264 e. The van der Waals surface area contributed by atoms with Gasteiger partial charge in [-0.3, -0.25) is 14.0 Å². The number of sulfonamides is 1. The monoisotopic (exact) mass is 539 g/mol. The number of hydrogen-bond acceptors (Lipinski definition) is 5. The minimum absolute atomic E-state index is 0.0832. The van der Waals surface area contributed by atoms with Crippen molar-refractivity contribution in [1.82, 2.24) is 9.80 Å². The van der Waals surface area contributed by atoms with E-state index >= 15 is 0 Å². The summed E-state index contributed by atoms with van der Waals surface area (Å²) in [7, 11) is -2.61. The van der Waals surface area contributed by atoms with Crippen molar-refractivity contribution in [3.8, 4) is 5.75 Å². The highest BCUT2D eigenvalue weighted by molar-refractivity contribution is 7.92. The lowest BCUT2D eigenvalue weighted by atomic mass is 10.2. The lowest BCUT2D eigenvalue weighted by Crippen LogP contribution is -2.51. The maximum absolute atomic E-state index is 13.7. The van der Waals surface area contributed by atoms with Gasteiger partial charge in [0.15, 0.2) is 0 Å². The van der Waals surface area contributed by atoms with Crippen LogP contribution in [0.3, 0.4) is 0 Å². The SMILES string of the molecule is COc1ccc(Cl)cc1N(CC(=O)N1CCN(C/C=C/c2ccccc2)CC1)S(=O)(=O)c1ccccc1. The summed E-state index contributed by atoms with van der Waals surface area (Å²) in [5.41, 5.74) is 1.37. The Morgan fingerprint density at radius 3 is 2.27 bits per heavy atom. The Labute approximate surface area is 223 Å². The number of ether oxygens (including phenoxy) is 1. The maximum atomic E-state index is 13.7. The van der Waals surface area contributed by atoms with Gasteiger partial charge in [-0.05, 0) is 35.9 Å². The molecule has 194 valence electrons. The van der Waals surface area contributed by atoms with Gasteiger partial charge in [-0.15, -0.1) is 0 Å². The molecule has 4 rings (SSSR count). The van der Waals surface area contributed by atoms with Crippen LogP contribution in [0.15, 0.2) is 89.8 Å². The van der Waals surface area contributed by atoms with Gasteiger partial charge >= 0.3 is 0 Å². The molecule has 3 aromatic rings. The minimum atomic E-state index is -4.06. The summed E-state index contributed by atoms with van der Waals surface area (Å²) in [4.78, 5) is 17.4. The van der Waals surface area contributed by atoms with E-state index in [0.29, 0.717) is 37.0 Å². The van der Waals surface area contributed by atoms with Crippen molar-refractivity contribution in [2.75, 3.05) is 50.7 Å². The van der Waals surface area contributed by atoms with Crippen LogP contribution < -0.4 is 9.04 Å². The number of amides is 1. The molecule has 0 bridgehead atoms. The van der Waals surface area contributed by atoms with E-state index in [4.69, 9.17) is 16.3 Å². The number of piperazine rings is 1. The lowest BCUT2D eigenvalue weighted by Gasteiger charge is -2.35. The summed E-state index contributed by atoms with van der Waals surface area (Å²) >= 11 is 6.21. The molecular formula is C28H30ClN3O4S. The second-order valence-corrected chi connectivity index (χ2v) is 10.9. The molecule has 9 heteroatoms. The molecule has 1 saturated heterocycles. The van der Waals surface area contributed by atoms with E-state index in [-0.39, 0.29) is 23.0 Å². The Morgan fingerprint density at radius 1 is 0.973 bits per heavy atom. The Morgan fingerprint density at radius 2 is 1.62 bits per heavy atom. The molecular weight excluding hydrogens is 510 g/mol. The van der Waals surface area contributed by atoms with Crippen molar-refractivity contribution >= 4 is 39.3 Å². The second-order valence-electron chi connectivity index (χ2n) is 8.64. The normalized spacial score (nSPS) is 14.6. The molecule has 1 heterocycles. The molecule has 0 aromatic heterocycles. The first-order valence-electron chi connectivity index (χ1n) is 12.0. The standard InChI is InChI=1S/C28H30ClN3O4S/c1-36-27-15-14-24(29)21-26(27)32(37(34,35)25-12-6-3-7-13-25)22-28(33)31-19-17-30(18-20-31)16-8-11-23-9-4-2-5-10-23/h2-15,21H,16-20,22H2,1H3/b11-8+. The van der Waals surface area contributed by atoms with E-state index in [1.54, 1.807) is 35.2 Å². The minimum Gasteiger partial charge on any atom is -0.495 e. The molecule has 0 atom stereocenters. The van der Waals surface area contributed by atoms with Crippen molar-refractivity contribution < 1.29 is 17.9 Å². The number of nitrogens with zero attached hydrogens (tertiary/aromatic N) is 3. The van der Waals surface area contributed by atoms with Gasteiger partial charge in [0.1, 0.15) is 12.3 Å². The van der Waals surface area contributed by atoms with Gasteiger partial charge in [0, 0.05) is 37.7 Å². The Balaban J connectivity index is 1.47. The van der Waals surface area contributed by atoms with Gasteiger partial charge in [0.2, 0.25) is 5.91 Å². The van der Waals surface area contributed by atoms with Crippen molar-refractivity contribution in [2.24, 2.45) is 0 Å². The zero-order valence-corrected chi connectivity index (χ0v) is 22.2. The van der Waals surface area contributed by atoms with Crippen LogP contribution in [-0.2, 0) is 14.8 Å². The topological polar surface area (TPSA) is 70.2 Å². The van der Waals surface area contributed by atoms with E-state index in [2.05, 4.69) is 29.2 Å². The molecule has 1 aliphatic heterocycles. The summed E-state index contributed by atoms with van der Waals surface area (Å²) in [6.07, 6.45) is 4.20. The zero-order chi connectivity index (χ0) is 26.3. The van der Waals surface area contributed by atoms with Crippen LogP contribution in [0, 0.1) is 0 Å². The number of rotatable bonds is 9. The fourth-order valence-electron chi connectivity index (χ4n) is 4.18. The van der Waals surface area contributed by atoms with Crippen LogP contribution in [0.4, 0.5) is 5.69 Å². The van der Waals surface area contributed by atoms with Gasteiger partial charge in [0.05, 0.1) is 17.7 Å². The maximum Gasteiger partial charge on any atom is 0.264 e. The van der Waals surface area contributed by atoms with Crippen LogP contribution in [-0.4, -0.2) is 70.5 Å². The average Bonchev–Trinajstić information content (AvgIpc) is 2.93. The van der Waals surface area contributed by atoms with Crippen molar-refractivity contribution in [3.63, 3.8) is 0 Å². The molecule has 1 fully saturated rings. The van der Waals surface area contributed by atoms with E-state index < -0.39 is 10.0 Å². The van der Waals surface area contributed by atoms with Gasteiger partial charge in [-0.2, -0.15) is 0 Å². The lowest BCUT2D eigenvalue weighted by molar-refractivity contribution is -0.131. The predicted molar refractivity (Wildman–Crippen MR) is 147 cm³/mol. The summed E-state index contributed by atoms with van der Waals surface area (Å²) in [6.45, 7) is 2.87. The number of halogens is 1. The molecule has 0 saturated carbocycles. The summed E-state index contributed by atoms with van der Waals surface area (Å²) in [6, 6.07) is 22.9.